The van der Waals surface area contributed by atoms with E-state index in [2.05, 4.69) is 44.5 Å². The molecule has 7 heteroatoms. The number of rotatable bonds is 7. The van der Waals surface area contributed by atoms with Gasteiger partial charge in [-0.25, -0.2) is 0 Å². The maximum Gasteiger partial charge on any atom is 0.325 e. The van der Waals surface area contributed by atoms with Gasteiger partial charge in [-0.05, 0) is 48.9 Å². The molecule has 0 unspecified atom stereocenters. The van der Waals surface area contributed by atoms with E-state index in [1.807, 2.05) is 38.1 Å². The number of likely N-dealkylation sites (tertiary alicyclic amines) is 1. The molecule has 1 fully saturated rings. The lowest BCUT2D eigenvalue weighted by Gasteiger charge is -2.41. The molecule has 0 spiro atoms. The largest absolute Gasteiger partial charge is 0.468 e. The molecule has 2 aromatic carbocycles. The van der Waals surface area contributed by atoms with E-state index in [1.165, 1.54) is 12.7 Å². The van der Waals surface area contributed by atoms with Gasteiger partial charge in [0.2, 0.25) is 0 Å². The zero-order valence-electron chi connectivity index (χ0n) is 17.8. The van der Waals surface area contributed by atoms with Crippen LogP contribution in [0.1, 0.15) is 32.3 Å². The first kappa shape index (κ1) is 21.8. The minimum Gasteiger partial charge on any atom is -0.468 e. The summed E-state index contributed by atoms with van der Waals surface area (Å²) < 4.78 is 4.94. The van der Waals surface area contributed by atoms with Crippen molar-refractivity contribution in [2.45, 2.75) is 44.8 Å². The SMILES string of the molecule is COC(=O)C(C)(C)N1CCC(NCc2ccc(-c3ccc(N=[N+]=[N-])cc3)cc2)CC1. The summed E-state index contributed by atoms with van der Waals surface area (Å²) >= 11 is 0. The molecule has 0 radical (unpaired) electrons. The molecule has 0 aliphatic carbocycles. The zero-order chi connectivity index (χ0) is 21.6. The highest BCUT2D eigenvalue weighted by atomic mass is 16.5. The van der Waals surface area contributed by atoms with E-state index < -0.39 is 5.54 Å². The highest BCUT2D eigenvalue weighted by molar-refractivity contribution is 5.79. The van der Waals surface area contributed by atoms with Crippen LogP contribution in [0.25, 0.3) is 21.6 Å². The summed E-state index contributed by atoms with van der Waals surface area (Å²) in [5.74, 6) is -0.179. The Bertz CT molecular complexity index is 894. The molecule has 158 valence electrons. The van der Waals surface area contributed by atoms with Crippen molar-refractivity contribution in [1.29, 1.82) is 0 Å². The van der Waals surface area contributed by atoms with Crippen LogP contribution in [-0.2, 0) is 16.1 Å². The van der Waals surface area contributed by atoms with Gasteiger partial charge < -0.3 is 10.1 Å². The lowest BCUT2D eigenvalue weighted by molar-refractivity contribution is -0.154. The van der Waals surface area contributed by atoms with E-state index in [-0.39, 0.29) is 5.97 Å². The van der Waals surface area contributed by atoms with E-state index in [0.717, 1.165) is 43.6 Å². The average molecular weight is 408 g/mol. The molecule has 2 aromatic rings. The Labute approximate surface area is 177 Å². The van der Waals surface area contributed by atoms with Crippen LogP contribution >= 0.6 is 0 Å². The van der Waals surface area contributed by atoms with Gasteiger partial charge >= 0.3 is 5.97 Å². The van der Waals surface area contributed by atoms with Crippen LogP contribution in [0.5, 0.6) is 0 Å². The number of piperidine rings is 1. The number of ether oxygens (including phenoxy) is 1. The summed E-state index contributed by atoms with van der Waals surface area (Å²) in [4.78, 5) is 17.0. The van der Waals surface area contributed by atoms with Crippen LogP contribution in [0, 0.1) is 0 Å². The Balaban J connectivity index is 1.50. The van der Waals surface area contributed by atoms with Crippen LogP contribution in [-0.4, -0.2) is 42.6 Å². The van der Waals surface area contributed by atoms with Crippen molar-refractivity contribution < 1.29 is 9.53 Å². The fourth-order valence-corrected chi connectivity index (χ4v) is 3.87. The molecule has 1 aliphatic rings. The summed E-state index contributed by atoms with van der Waals surface area (Å²) in [6.07, 6.45) is 2.02. The van der Waals surface area contributed by atoms with Crippen LogP contribution in [0.2, 0.25) is 0 Å². The van der Waals surface area contributed by atoms with Crippen molar-refractivity contribution in [3.05, 3.63) is 64.5 Å². The van der Waals surface area contributed by atoms with E-state index in [9.17, 15) is 4.79 Å². The fraction of sp³-hybridized carbons (Fsp3) is 0.435. The monoisotopic (exact) mass is 407 g/mol. The molecule has 0 saturated carbocycles. The number of hydrogen-bond donors (Lipinski definition) is 1. The number of nitrogens with one attached hydrogen (secondary N) is 1. The minimum absolute atomic E-state index is 0.179. The number of hydrogen-bond acceptors (Lipinski definition) is 5. The summed E-state index contributed by atoms with van der Waals surface area (Å²) in [5, 5.41) is 7.25. The molecule has 0 bridgehead atoms. The average Bonchev–Trinajstić information content (AvgIpc) is 2.78. The summed E-state index contributed by atoms with van der Waals surface area (Å²) in [6.45, 7) is 6.44. The Morgan fingerprint density at radius 3 is 2.23 bits per heavy atom. The van der Waals surface area contributed by atoms with Gasteiger partial charge in [-0.15, -0.1) is 0 Å². The lowest BCUT2D eigenvalue weighted by Crippen LogP contribution is -2.55. The smallest absolute Gasteiger partial charge is 0.325 e. The van der Waals surface area contributed by atoms with Crippen LogP contribution < -0.4 is 5.32 Å². The first-order valence-corrected chi connectivity index (χ1v) is 10.3. The van der Waals surface area contributed by atoms with Crippen molar-refractivity contribution in [3.8, 4) is 11.1 Å². The van der Waals surface area contributed by atoms with Crippen LogP contribution in [0.4, 0.5) is 5.69 Å². The van der Waals surface area contributed by atoms with E-state index in [0.29, 0.717) is 11.7 Å². The molecule has 1 N–H and O–H groups in total. The second-order valence-electron chi connectivity index (χ2n) is 8.13. The third-order valence-corrected chi connectivity index (χ3v) is 5.88. The predicted molar refractivity (Wildman–Crippen MR) is 118 cm³/mol. The van der Waals surface area contributed by atoms with Gasteiger partial charge in [0.05, 0.1) is 7.11 Å². The third kappa shape index (κ3) is 5.19. The topological polar surface area (TPSA) is 90.3 Å². The normalized spacial score (nSPS) is 15.4. The Hall–Kier alpha value is -2.86. The van der Waals surface area contributed by atoms with E-state index >= 15 is 0 Å². The predicted octanol–water partition coefficient (Wildman–Crippen LogP) is 4.80. The van der Waals surface area contributed by atoms with Crippen molar-refractivity contribution >= 4 is 11.7 Å². The molecule has 0 amide bonds. The molecule has 0 atom stereocenters. The number of methoxy groups -OCH3 is 1. The van der Waals surface area contributed by atoms with Gasteiger partial charge in [0.1, 0.15) is 5.54 Å². The first-order valence-electron chi connectivity index (χ1n) is 10.3. The zero-order valence-corrected chi connectivity index (χ0v) is 17.8. The summed E-state index contributed by atoms with van der Waals surface area (Å²) in [5.41, 5.74) is 12.0. The van der Waals surface area contributed by atoms with Crippen molar-refractivity contribution in [1.82, 2.24) is 10.2 Å². The first-order chi connectivity index (χ1) is 14.4. The summed E-state index contributed by atoms with van der Waals surface area (Å²) in [6, 6.07) is 16.5. The standard InChI is InChI=1S/C23H29N5O2/c1-23(2,22(29)30-3)28-14-12-20(13-15-28)25-16-17-4-6-18(7-5-17)19-8-10-21(11-9-19)26-27-24/h4-11,20,25H,12-16H2,1-3H3. The number of carbonyl (C=O) groups is 1. The molecule has 7 nitrogen and oxygen atoms in total. The van der Waals surface area contributed by atoms with E-state index in [1.54, 1.807) is 0 Å². The fourth-order valence-electron chi connectivity index (χ4n) is 3.87. The van der Waals surface area contributed by atoms with E-state index in [4.69, 9.17) is 10.3 Å². The molecule has 1 heterocycles. The molecular formula is C23H29N5O2. The molecule has 30 heavy (non-hydrogen) atoms. The van der Waals surface area contributed by atoms with Gasteiger partial charge in [-0.2, -0.15) is 0 Å². The second kappa shape index (κ2) is 9.76. The van der Waals surface area contributed by atoms with Gasteiger partial charge in [0.25, 0.3) is 0 Å². The Morgan fingerprint density at radius 2 is 1.70 bits per heavy atom. The maximum absolute atomic E-state index is 12.0. The van der Waals surface area contributed by atoms with Gasteiger partial charge in [-0.3, -0.25) is 9.69 Å². The minimum atomic E-state index is -0.575. The molecular weight excluding hydrogens is 378 g/mol. The lowest BCUT2D eigenvalue weighted by atomic mass is 9.96. The Kier molecular flexibility index (Phi) is 7.11. The quantitative estimate of drug-likeness (QED) is 0.309. The molecule has 0 aromatic heterocycles. The third-order valence-electron chi connectivity index (χ3n) is 5.88. The highest BCUT2D eigenvalue weighted by Crippen LogP contribution is 2.24. The Morgan fingerprint density at radius 1 is 1.13 bits per heavy atom. The van der Waals surface area contributed by atoms with Crippen LogP contribution in [0.15, 0.2) is 53.6 Å². The number of esters is 1. The highest BCUT2D eigenvalue weighted by Gasteiger charge is 2.37. The molecule has 1 saturated heterocycles. The second-order valence-corrected chi connectivity index (χ2v) is 8.13. The van der Waals surface area contributed by atoms with Crippen molar-refractivity contribution in [3.63, 3.8) is 0 Å². The number of benzene rings is 2. The molecule has 1 aliphatic heterocycles. The maximum atomic E-state index is 12.0. The molecule has 3 rings (SSSR count). The number of azide groups is 1. The number of nitrogens with zero attached hydrogens (tertiary/aromatic N) is 4. The number of carbonyl (C=O) groups excluding carboxylic acids is 1. The van der Waals surface area contributed by atoms with Gasteiger partial charge in [0.15, 0.2) is 0 Å². The van der Waals surface area contributed by atoms with Crippen LogP contribution in [0.3, 0.4) is 0 Å². The van der Waals surface area contributed by atoms with Gasteiger partial charge in [0, 0.05) is 36.3 Å². The van der Waals surface area contributed by atoms with Crippen molar-refractivity contribution in [2.75, 3.05) is 20.2 Å². The van der Waals surface area contributed by atoms with Gasteiger partial charge in [-0.1, -0.05) is 53.6 Å². The van der Waals surface area contributed by atoms with Crippen molar-refractivity contribution in [2.24, 2.45) is 5.11 Å². The summed E-state index contributed by atoms with van der Waals surface area (Å²) in [7, 11) is 1.45.